The van der Waals surface area contributed by atoms with Crippen LogP contribution in [0.1, 0.15) is 5.56 Å². The van der Waals surface area contributed by atoms with E-state index in [2.05, 4.69) is 6.58 Å². The second kappa shape index (κ2) is 9.55. The van der Waals surface area contributed by atoms with Gasteiger partial charge in [-0.2, -0.15) is 0 Å². The Kier molecular flexibility index (Phi) is 8.87. The van der Waals surface area contributed by atoms with Gasteiger partial charge in [-0.05, 0) is 5.56 Å². The summed E-state index contributed by atoms with van der Waals surface area (Å²) in [6.07, 6.45) is 1.69. The lowest BCUT2D eigenvalue weighted by Gasteiger charge is -2.24. The van der Waals surface area contributed by atoms with Crippen molar-refractivity contribution < 1.29 is 9.53 Å². The number of rotatable bonds is 7. The molecule has 4 nitrogen and oxygen atoms in total. The van der Waals surface area contributed by atoms with Crippen LogP contribution in [0.4, 0.5) is 0 Å². The van der Waals surface area contributed by atoms with E-state index < -0.39 is 6.04 Å². The minimum atomic E-state index is -0.626. The number of hydrogen-bond acceptors (Lipinski definition) is 3. The Morgan fingerprint density at radius 2 is 2.11 bits per heavy atom. The van der Waals surface area contributed by atoms with Gasteiger partial charge in [0, 0.05) is 20.2 Å². The molecule has 19 heavy (non-hydrogen) atoms. The third-order valence-electron chi connectivity index (χ3n) is 2.54. The summed E-state index contributed by atoms with van der Waals surface area (Å²) >= 11 is 0. The van der Waals surface area contributed by atoms with Crippen LogP contribution in [0.5, 0.6) is 0 Å². The number of ether oxygens (including phenoxy) is 1. The van der Waals surface area contributed by atoms with Crippen molar-refractivity contribution in [1.29, 1.82) is 0 Å². The van der Waals surface area contributed by atoms with Gasteiger partial charge >= 0.3 is 0 Å². The summed E-state index contributed by atoms with van der Waals surface area (Å²) in [7, 11) is 1.53. The first-order valence-electron chi connectivity index (χ1n) is 5.87. The van der Waals surface area contributed by atoms with Crippen molar-refractivity contribution in [3.05, 3.63) is 48.6 Å². The van der Waals surface area contributed by atoms with E-state index in [9.17, 15) is 4.79 Å². The van der Waals surface area contributed by atoms with Gasteiger partial charge < -0.3 is 15.4 Å². The highest BCUT2D eigenvalue weighted by molar-refractivity contribution is 5.85. The Bertz CT molecular complexity index is 384. The monoisotopic (exact) mass is 284 g/mol. The van der Waals surface area contributed by atoms with E-state index in [0.29, 0.717) is 13.1 Å². The number of carbonyl (C=O) groups is 1. The molecule has 1 atom stereocenters. The number of hydrogen-bond donors (Lipinski definition) is 1. The topological polar surface area (TPSA) is 55.6 Å². The lowest BCUT2D eigenvalue weighted by molar-refractivity contribution is -0.133. The number of amides is 1. The molecule has 0 radical (unpaired) electrons. The van der Waals surface area contributed by atoms with E-state index in [1.54, 1.807) is 11.0 Å². The van der Waals surface area contributed by atoms with E-state index in [1.807, 2.05) is 30.3 Å². The first-order chi connectivity index (χ1) is 8.69. The third kappa shape index (κ3) is 5.87. The maximum Gasteiger partial charge on any atom is 0.242 e. The fourth-order valence-corrected chi connectivity index (χ4v) is 1.68. The number of carbonyl (C=O) groups excluding carboxylic acids is 1. The van der Waals surface area contributed by atoms with Gasteiger partial charge in [0.25, 0.3) is 0 Å². The Labute approximate surface area is 120 Å². The van der Waals surface area contributed by atoms with E-state index >= 15 is 0 Å². The zero-order valence-corrected chi connectivity index (χ0v) is 11.9. The van der Waals surface area contributed by atoms with Crippen molar-refractivity contribution in [2.75, 3.05) is 20.3 Å². The molecule has 0 aliphatic carbocycles. The second-order valence-electron chi connectivity index (χ2n) is 4.05. The van der Waals surface area contributed by atoms with Gasteiger partial charge in [-0.3, -0.25) is 4.79 Å². The Morgan fingerprint density at radius 1 is 1.47 bits per heavy atom. The van der Waals surface area contributed by atoms with Gasteiger partial charge in [0.2, 0.25) is 5.91 Å². The number of nitrogens with two attached hydrogens (primary N) is 1. The van der Waals surface area contributed by atoms with E-state index in [0.717, 1.165) is 5.56 Å². The zero-order valence-electron chi connectivity index (χ0n) is 11.1. The van der Waals surface area contributed by atoms with Crippen molar-refractivity contribution in [3.8, 4) is 0 Å². The van der Waals surface area contributed by atoms with Crippen molar-refractivity contribution >= 4 is 18.3 Å². The molecule has 0 bridgehead atoms. The molecule has 1 amide bonds. The smallest absolute Gasteiger partial charge is 0.242 e. The number of nitrogens with zero attached hydrogens (tertiary/aromatic N) is 1. The van der Waals surface area contributed by atoms with Crippen LogP contribution in [0.25, 0.3) is 0 Å². The van der Waals surface area contributed by atoms with Crippen LogP contribution in [-0.4, -0.2) is 37.1 Å². The molecule has 5 heteroatoms. The molecule has 0 aliphatic rings. The van der Waals surface area contributed by atoms with Crippen LogP contribution in [0.15, 0.2) is 43.0 Å². The Morgan fingerprint density at radius 3 is 2.63 bits per heavy atom. The van der Waals surface area contributed by atoms with Gasteiger partial charge in [0.15, 0.2) is 0 Å². The third-order valence-corrected chi connectivity index (χ3v) is 2.54. The molecule has 106 valence electrons. The molecule has 0 fully saturated rings. The predicted octanol–water partition coefficient (Wildman–Crippen LogP) is 1.60. The van der Waals surface area contributed by atoms with Gasteiger partial charge in [-0.25, -0.2) is 0 Å². The molecule has 0 spiro atoms. The molecule has 1 unspecified atom stereocenters. The van der Waals surface area contributed by atoms with Crippen molar-refractivity contribution in [1.82, 2.24) is 4.90 Å². The molecule has 0 heterocycles. The van der Waals surface area contributed by atoms with E-state index in [4.69, 9.17) is 10.5 Å². The van der Waals surface area contributed by atoms with Crippen molar-refractivity contribution in [3.63, 3.8) is 0 Å². The molecular formula is C14H21ClN2O2. The normalized spacial score (nSPS) is 11.3. The molecule has 0 aliphatic heterocycles. The largest absolute Gasteiger partial charge is 0.383 e. The average molecular weight is 285 g/mol. The summed E-state index contributed by atoms with van der Waals surface area (Å²) in [5.74, 6) is -0.124. The molecular weight excluding hydrogens is 264 g/mol. The van der Waals surface area contributed by atoms with Crippen LogP contribution in [0.2, 0.25) is 0 Å². The number of methoxy groups -OCH3 is 1. The first-order valence-corrected chi connectivity index (χ1v) is 5.87. The van der Waals surface area contributed by atoms with Gasteiger partial charge in [-0.1, -0.05) is 36.4 Å². The van der Waals surface area contributed by atoms with Crippen molar-refractivity contribution in [2.45, 2.75) is 12.6 Å². The molecule has 0 aromatic heterocycles. The predicted molar refractivity (Wildman–Crippen MR) is 79.2 cm³/mol. The minimum Gasteiger partial charge on any atom is -0.383 e. The average Bonchev–Trinajstić information content (AvgIpc) is 2.39. The SMILES string of the molecule is C=CCN(Cc1ccccc1)C(=O)C(N)COC.Cl. The van der Waals surface area contributed by atoms with Crippen LogP contribution in [0, 0.1) is 0 Å². The summed E-state index contributed by atoms with van der Waals surface area (Å²) in [6, 6.07) is 9.16. The van der Waals surface area contributed by atoms with Gasteiger partial charge in [0.05, 0.1) is 6.61 Å². The second-order valence-corrected chi connectivity index (χ2v) is 4.05. The Hall–Kier alpha value is -1.36. The summed E-state index contributed by atoms with van der Waals surface area (Å²) in [4.78, 5) is 13.8. The maximum absolute atomic E-state index is 12.1. The number of halogens is 1. The first kappa shape index (κ1) is 17.6. The standard InChI is InChI=1S/C14H20N2O2.ClH/c1-3-9-16(14(17)13(15)11-18-2)10-12-7-5-4-6-8-12;/h3-8,13H,1,9-11,15H2,2H3;1H. The fourth-order valence-electron chi connectivity index (χ4n) is 1.68. The van der Waals surface area contributed by atoms with E-state index in [-0.39, 0.29) is 24.9 Å². The van der Waals surface area contributed by atoms with Gasteiger partial charge in [0.1, 0.15) is 6.04 Å². The summed E-state index contributed by atoms with van der Waals surface area (Å²) in [5.41, 5.74) is 6.83. The fraction of sp³-hybridized carbons (Fsp3) is 0.357. The molecule has 0 saturated carbocycles. The minimum absolute atomic E-state index is 0. The highest BCUT2D eigenvalue weighted by atomic mass is 35.5. The summed E-state index contributed by atoms with van der Waals surface area (Å²) in [5, 5.41) is 0. The molecule has 0 saturated heterocycles. The highest BCUT2D eigenvalue weighted by Crippen LogP contribution is 2.06. The molecule has 2 N–H and O–H groups in total. The maximum atomic E-state index is 12.1. The van der Waals surface area contributed by atoms with Crippen molar-refractivity contribution in [2.24, 2.45) is 5.73 Å². The summed E-state index contributed by atoms with van der Waals surface area (Å²) < 4.78 is 4.90. The lowest BCUT2D eigenvalue weighted by Crippen LogP contribution is -2.45. The molecule has 1 aromatic carbocycles. The number of benzene rings is 1. The highest BCUT2D eigenvalue weighted by Gasteiger charge is 2.20. The zero-order chi connectivity index (χ0) is 13.4. The van der Waals surface area contributed by atoms with E-state index in [1.165, 1.54) is 7.11 Å². The molecule has 1 rings (SSSR count). The van der Waals surface area contributed by atoms with Crippen LogP contribution in [0.3, 0.4) is 0 Å². The van der Waals surface area contributed by atoms with Crippen LogP contribution in [-0.2, 0) is 16.1 Å². The lowest BCUT2D eigenvalue weighted by atomic mass is 10.2. The van der Waals surface area contributed by atoms with Gasteiger partial charge in [-0.15, -0.1) is 19.0 Å². The quantitative estimate of drug-likeness (QED) is 0.774. The van der Waals surface area contributed by atoms with Crippen LogP contribution >= 0.6 is 12.4 Å². The summed E-state index contributed by atoms with van der Waals surface area (Å²) in [6.45, 7) is 4.90. The van der Waals surface area contributed by atoms with Crippen LogP contribution < -0.4 is 5.73 Å². The Balaban J connectivity index is 0.00000324. The molecule has 1 aromatic rings.